The Labute approximate surface area is 95.6 Å². The second kappa shape index (κ2) is 5.86. The van der Waals surface area contributed by atoms with Crippen LogP contribution in [0, 0.1) is 5.92 Å². The van der Waals surface area contributed by atoms with Crippen LogP contribution >= 0.6 is 0 Å². The van der Waals surface area contributed by atoms with Crippen molar-refractivity contribution in [3.8, 4) is 0 Å². The van der Waals surface area contributed by atoms with Crippen molar-refractivity contribution in [3.63, 3.8) is 0 Å². The molecule has 15 heavy (non-hydrogen) atoms. The number of hydrogen-bond donors (Lipinski definition) is 0. The van der Waals surface area contributed by atoms with Crippen molar-refractivity contribution in [2.24, 2.45) is 5.92 Å². The zero-order valence-corrected chi connectivity index (χ0v) is 11.2. The van der Waals surface area contributed by atoms with Crippen LogP contribution in [0.4, 0.5) is 0 Å². The standard InChI is InChI=1S/C13H28N2/c1-6-12(4)14(5)9-13-7-8-15(10-13)11(2)3/h11-13H,6-10H2,1-5H3. The summed E-state index contributed by atoms with van der Waals surface area (Å²) in [7, 11) is 2.27. The SMILES string of the molecule is CCC(C)N(C)CC1CCN(C(C)C)C1. The van der Waals surface area contributed by atoms with Crippen molar-refractivity contribution in [2.75, 3.05) is 26.7 Å². The van der Waals surface area contributed by atoms with Crippen molar-refractivity contribution in [3.05, 3.63) is 0 Å². The molecule has 0 N–H and O–H groups in total. The van der Waals surface area contributed by atoms with Gasteiger partial charge in [0.2, 0.25) is 0 Å². The highest BCUT2D eigenvalue weighted by Gasteiger charge is 2.25. The molecule has 1 heterocycles. The highest BCUT2D eigenvalue weighted by atomic mass is 15.2. The Balaban J connectivity index is 2.29. The van der Waals surface area contributed by atoms with Gasteiger partial charge in [-0.25, -0.2) is 0 Å². The second-order valence-corrected chi connectivity index (χ2v) is 5.44. The van der Waals surface area contributed by atoms with Gasteiger partial charge in [-0.3, -0.25) is 0 Å². The van der Waals surface area contributed by atoms with Gasteiger partial charge in [0.05, 0.1) is 0 Å². The van der Waals surface area contributed by atoms with Gasteiger partial charge in [0.25, 0.3) is 0 Å². The average molecular weight is 212 g/mol. The Morgan fingerprint density at radius 3 is 2.47 bits per heavy atom. The molecule has 2 unspecified atom stereocenters. The topological polar surface area (TPSA) is 6.48 Å². The molecule has 0 aromatic carbocycles. The average Bonchev–Trinajstić information content (AvgIpc) is 2.65. The van der Waals surface area contributed by atoms with E-state index in [9.17, 15) is 0 Å². The fraction of sp³-hybridized carbons (Fsp3) is 1.00. The fourth-order valence-corrected chi connectivity index (χ4v) is 2.38. The number of hydrogen-bond acceptors (Lipinski definition) is 2. The summed E-state index contributed by atoms with van der Waals surface area (Å²) in [6, 6.07) is 1.46. The van der Waals surface area contributed by atoms with E-state index in [4.69, 9.17) is 0 Å². The van der Waals surface area contributed by atoms with Crippen molar-refractivity contribution in [1.82, 2.24) is 9.80 Å². The molecule has 2 nitrogen and oxygen atoms in total. The summed E-state index contributed by atoms with van der Waals surface area (Å²) in [5.41, 5.74) is 0. The van der Waals surface area contributed by atoms with Gasteiger partial charge in [0.15, 0.2) is 0 Å². The summed E-state index contributed by atoms with van der Waals surface area (Å²) < 4.78 is 0. The van der Waals surface area contributed by atoms with Gasteiger partial charge in [0, 0.05) is 25.2 Å². The summed E-state index contributed by atoms with van der Waals surface area (Å²) >= 11 is 0. The van der Waals surface area contributed by atoms with E-state index >= 15 is 0 Å². The Kier molecular flexibility index (Phi) is 5.07. The van der Waals surface area contributed by atoms with E-state index in [-0.39, 0.29) is 0 Å². The Bertz CT molecular complexity index is 179. The van der Waals surface area contributed by atoms with Crippen LogP contribution in [0.25, 0.3) is 0 Å². The third kappa shape index (κ3) is 3.76. The van der Waals surface area contributed by atoms with Crippen LogP contribution in [0.5, 0.6) is 0 Å². The maximum absolute atomic E-state index is 2.61. The zero-order chi connectivity index (χ0) is 11.4. The molecule has 1 aliphatic rings. The number of likely N-dealkylation sites (tertiary alicyclic amines) is 1. The van der Waals surface area contributed by atoms with E-state index in [1.165, 1.54) is 32.5 Å². The lowest BCUT2D eigenvalue weighted by Crippen LogP contribution is -2.35. The molecule has 2 atom stereocenters. The first kappa shape index (κ1) is 13.0. The normalized spacial score (nSPS) is 25.4. The molecular formula is C13H28N2. The molecule has 0 bridgehead atoms. The van der Waals surface area contributed by atoms with Crippen molar-refractivity contribution >= 4 is 0 Å². The summed E-state index contributed by atoms with van der Waals surface area (Å²) in [5, 5.41) is 0. The first-order chi connectivity index (χ1) is 7.04. The van der Waals surface area contributed by atoms with Gasteiger partial charge in [-0.05, 0) is 53.1 Å². The van der Waals surface area contributed by atoms with Gasteiger partial charge >= 0.3 is 0 Å². The predicted octanol–water partition coefficient (Wildman–Crippen LogP) is 2.45. The molecule has 0 aromatic rings. The first-order valence-electron chi connectivity index (χ1n) is 6.48. The van der Waals surface area contributed by atoms with Gasteiger partial charge in [0.1, 0.15) is 0 Å². The third-order valence-electron chi connectivity index (χ3n) is 3.94. The summed E-state index contributed by atoms with van der Waals surface area (Å²) in [5.74, 6) is 0.895. The minimum absolute atomic E-state index is 0.726. The summed E-state index contributed by atoms with van der Waals surface area (Å²) in [6.45, 7) is 13.1. The van der Waals surface area contributed by atoms with Gasteiger partial charge in [-0.1, -0.05) is 6.92 Å². The van der Waals surface area contributed by atoms with Crippen LogP contribution in [0.1, 0.15) is 40.5 Å². The zero-order valence-electron chi connectivity index (χ0n) is 11.2. The van der Waals surface area contributed by atoms with E-state index in [1.807, 2.05) is 0 Å². The molecule has 0 amide bonds. The molecule has 1 aliphatic heterocycles. The van der Waals surface area contributed by atoms with Crippen LogP contribution in [-0.4, -0.2) is 48.6 Å². The van der Waals surface area contributed by atoms with Crippen LogP contribution in [-0.2, 0) is 0 Å². The van der Waals surface area contributed by atoms with Gasteiger partial charge < -0.3 is 9.80 Å². The molecule has 0 radical (unpaired) electrons. The van der Waals surface area contributed by atoms with Crippen LogP contribution in [0.2, 0.25) is 0 Å². The predicted molar refractivity (Wildman–Crippen MR) is 67.2 cm³/mol. The lowest BCUT2D eigenvalue weighted by atomic mass is 10.1. The van der Waals surface area contributed by atoms with Crippen molar-refractivity contribution in [1.29, 1.82) is 0 Å². The largest absolute Gasteiger partial charge is 0.303 e. The highest BCUT2D eigenvalue weighted by molar-refractivity contribution is 4.80. The molecule has 90 valence electrons. The lowest BCUT2D eigenvalue weighted by Gasteiger charge is -2.27. The van der Waals surface area contributed by atoms with Gasteiger partial charge in [-0.15, -0.1) is 0 Å². The Hall–Kier alpha value is -0.0800. The van der Waals surface area contributed by atoms with Crippen LogP contribution < -0.4 is 0 Å². The van der Waals surface area contributed by atoms with E-state index in [2.05, 4.69) is 44.5 Å². The molecule has 1 rings (SSSR count). The fourth-order valence-electron chi connectivity index (χ4n) is 2.38. The van der Waals surface area contributed by atoms with Crippen molar-refractivity contribution in [2.45, 2.75) is 52.6 Å². The molecule has 1 fully saturated rings. The summed E-state index contributed by atoms with van der Waals surface area (Å²) in [6.07, 6.45) is 2.65. The molecular weight excluding hydrogens is 184 g/mol. The number of nitrogens with zero attached hydrogens (tertiary/aromatic N) is 2. The van der Waals surface area contributed by atoms with E-state index < -0.39 is 0 Å². The maximum atomic E-state index is 2.61. The van der Waals surface area contributed by atoms with E-state index in [1.54, 1.807) is 0 Å². The van der Waals surface area contributed by atoms with Gasteiger partial charge in [-0.2, -0.15) is 0 Å². The first-order valence-corrected chi connectivity index (χ1v) is 6.48. The molecule has 0 saturated carbocycles. The quantitative estimate of drug-likeness (QED) is 0.690. The van der Waals surface area contributed by atoms with E-state index in [0.29, 0.717) is 0 Å². The molecule has 0 spiro atoms. The lowest BCUT2D eigenvalue weighted by molar-refractivity contribution is 0.202. The van der Waals surface area contributed by atoms with E-state index in [0.717, 1.165) is 18.0 Å². The third-order valence-corrected chi connectivity index (χ3v) is 3.94. The molecule has 2 heteroatoms. The molecule has 0 aromatic heterocycles. The second-order valence-electron chi connectivity index (χ2n) is 5.44. The molecule has 1 saturated heterocycles. The summed E-state index contributed by atoms with van der Waals surface area (Å²) in [4.78, 5) is 5.13. The Morgan fingerprint density at radius 1 is 1.33 bits per heavy atom. The molecule has 0 aliphatic carbocycles. The monoisotopic (exact) mass is 212 g/mol. The number of rotatable bonds is 5. The minimum atomic E-state index is 0.726. The highest BCUT2D eigenvalue weighted by Crippen LogP contribution is 2.20. The smallest absolute Gasteiger partial charge is 0.00613 e. The Morgan fingerprint density at radius 2 is 2.00 bits per heavy atom. The van der Waals surface area contributed by atoms with Crippen LogP contribution in [0.15, 0.2) is 0 Å². The van der Waals surface area contributed by atoms with Crippen LogP contribution in [0.3, 0.4) is 0 Å². The van der Waals surface area contributed by atoms with Crippen molar-refractivity contribution < 1.29 is 0 Å². The maximum Gasteiger partial charge on any atom is 0.00613 e. The minimum Gasteiger partial charge on any atom is -0.303 e.